The topological polar surface area (TPSA) is 46.0 Å². The monoisotopic (exact) mass is 405 g/mol. The number of rotatable bonds is 3. The van der Waals surface area contributed by atoms with E-state index in [1.165, 1.54) is 5.69 Å². The first-order chi connectivity index (χ1) is 15.4. The molecule has 0 bridgehead atoms. The lowest BCUT2D eigenvalue weighted by Crippen LogP contribution is -2.43. The van der Waals surface area contributed by atoms with Crippen LogP contribution >= 0.6 is 0 Å². The smallest absolute Gasteiger partial charge is 0.102 e. The largest absolute Gasteiger partial charge is 0.369 e. The lowest BCUT2D eigenvalue weighted by Gasteiger charge is -2.29. The Kier molecular flexibility index (Phi) is 4.39. The number of anilines is 1. The zero-order valence-electron chi connectivity index (χ0n) is 17.2. The van der Waals surface area contributed by atoms with Crippen LogP contribution in [0, 0.1) is 0 Å². The van der Waals surface area contributed by atoms with Crippen LogP contribution in [-0.4, -0.2) is 40.9 Å². The molecule has 0 aliphatic carbocycles. The molecule has 0 spiro atoms. The highest BCUT2D eigenvalue weighted by atomic mass is 15.3. The number of nitrogens with zero attached hydrogens (tertiary/aromatic N) is 4. The van der Waals surface area contributed by atoms with E-state index in [9.17, 15) is 0 Å². The van der Waals surface area contributed by atoms with E-state index in [1.807, 2.05) is 30.5 Å². The average Bonchev–Trinajstić information content (AvgIpc) is 3.25. The zero-order valence-corrected chi connectivity index (χ0v) is 17.2. The molecule has 0 saturated carbocycles. The number of nitrogens with one attached hydrogen (secondary N) is 1. The number of hydrogen-bond acceptors (Lipinski definition) is 4. The molecule has 3 heterocycles. The van der Waals surface area contributed by atoms with Gasteiger partial charge in [0.05, 0.1) is 16.7 Å². The first kappa shape index (κ1) is 18.1. The summed E-state index contributed by atoms with van der Waals surface area (Å²) in [6, 6.07) is 27.4. The van der Waals surface area contributed by atoms with Gasteiger partial charge in [-0.2, -0.15) is 5.10 Å². The standard InChI is InChI=1S/C26H23N5/c1-2-6-21(7-3-1)31-26-22-8-4-5-9-24(22)28-18-23(26)25(29-31)19-10-12-20(13-11-19)30-16-14-27-15-17-30/h1-13,18,27H,14-17H2. The molecule has 1 fully saturated rings. The van der Waals surface area contributed by atoms with E-state index in [0.717, 1.165) is 64.9 Å². The van der Waals surface area contributed by atoms with Gasteiger partial charge >= 0.3 is 0 Å². The van der Waals surface area contributed by atoms with Crippen LogP contribution in [0.25, 0.3) is 38.8 Å². The predicted octanol–water partition coefficient (Wildman–Crippen LogP) is 4.65. The highest BCUT2D eigenvalue weighted by molar-refractivity contribution is 6.08. The Bertz CT molecular complexity index is 1350. The SMILES string of the molecule is c1ccc(-n2nc(-c3ccc(N4CCNCC4)cc3)c3cnc4ccccc4c32)cc1. The molecule has 152 valence electrons. The van der Waals surface area contributed by atoms with Crippen LogP contribution < -0.4 is 10.2 Å². The summed E-state index contributed by atoms with van der Waals surface area (Å²) in [7, 11) is 0. The van der Waals surface area contributed by atoms with Gasteiger partial charge in [-0.1, -0.05) is 48.5 Å². The van der Waals surface area contributed by atoms with E-state index in [0.29, 0.717) is 0 Å². The molecule has 1 aliphatic rings. The highest BCUT2D eigenvalue weighted by Gasteiger charge is 2.17. The number of aromatic nitrogens is 3. The van der Waals surface area contributed by atoms with Gasteiger partial charge in [0.15, 0.2) is 0 Å². The van der Waals surface area contributed by atoms with Gasteiger partial charge in [0.25, 0.3) is 0 Å². The Labute approximate surface area is 180 Å². The van der Waals surface area contributed by atoms with Gasteiger partial charge in [-0.05, 0) is 30.3 Å². The zero-order chi connectivity index (χ0) is 20.6. The third-order valence-electron chi connectivity index (χ3n) is 6.04. The van der Waals surface area contributed by atoms with Crippen molar-refractivity contribution in [3.05, 3.63) is 85.1 Å². The maximum atomic E-state index is 5.08. The van der Waals surface area contributed by atoms with Crippen LogP contribution in [0.4, 0.5) is 5.69 Å². The quantitative estimate of drug-likeness (QED) is 0.475. The van der Waals surface area contributed by atoms with Crippen molar-refractivity contribution in [1.29, 1.82) is 0 Å². The van der Waals surface area contributed by atoms with Gasteiger partial charge in [-0.3, -0.25) is 4.98 Å². The van der Waals surface area contributed by atoms with E-state index in [4.69, 9.17) is 10.1 Å². The van der Waals surface area contributed by atoms with Crippen LogP contribution in [0.1, 0.15) is 0 Å². The van der Waals surface area contributed by atoms with Crippen LogP contribution in [0.5, 0.6) is 0 Å². The molecule has 0 amide bonds. The minimum absolute atomic E-state index is 0.962. The van der Waals surface area contributed by atoms with E-state index in [2.05, 4.69) is 69.5 Å². The molecular formula is C26H23N5. The summed E-state index contributed by atoms with van der Waals surface area (Å²) < 4.78 is 2.05. The van der Waals surface area contributed by atoms with Crippen LogP contribution in [0.15, 0.2) is 85.1 Å². The van der Waals surface area contributed by atoms with Crippen molar-refractivity contribution in [2.24, 2.45) is 0 Å². The number of benzene rings is 3. The number of pyridine rings is 1. The molecule has 0 atom stereocenters. The summed E-state index contributed by atoms with van der Waals surface area (Å²) in [5.41, 5.74) is 6.46. The maximum absolute atomic E-state index is 5.08. The lowest BCUT2D eigenvalue weighted by atomic mass is 10.1. The van der Waals surface area contributed by atoms with Crippen LogP contribution in [0.2, 0.25) is 0 Å². The van der Waals surface area contributed by atoms with E-state index < -0.39 is 0 Å². The Morgan fingerprint density at radius 1 is 0.710 bits per heavy atom. The Morgan fingerprint density at radius 3 is 2.26 bits per heavy atom. The number of fused-ring (bicyclic) bond motifs is 3. The summed E-state index contributed by atoms with van der Waals surface area (Å²) in [6.07, 6.45) is 1.96. The summed E-state index contributed by atoms with van der Waals surface area (Å²) in [6.45, 7) is 4.15. The fourth-order valence-electron chi connectivity index (χ4n) is 4.45. The van der Waals surface area contributed by atoms with Crippen molar-refractivity contribution in [1.82, 2.24) is 20.1 Å². The van der Waals surface area contributed by atoms with E-state index in [-0.39, 0.29) is 0 Å². The molecule has 1 aliphatic heterocycles. The molecule has 1 saturated heterocycles. The second-order valence-corrected chi connectivity index (χ2v) is 7.92. The molecule has 0 radical (unpaired) electrons. The van der Waals surface area contributed by atoms with Crippen molar-refractivity contribution < 1.29 is 0 Å². The molecule has 1 N–H and O–H groups in total. The van der Waals surface area contributed by atoms with Crippen molar-refractivity contribution >= 4 is 27.5 Å². The normalized spacial score (nSPS) is 14.4. The molecule has 5 aromatic rings. The van der Waals surface area contributed by atoms with Gasteiger partial charge in [-0.25, -0.2) is 4.68 Å². The Balaban J connectivity index is 1.53. The van der Waals surface area contributed by atoms with Gasteiger partial charge in [-0.15, -0.1) is 0 Å². The average molecular weight is 406 g/mol. The third kappa shape index (κ3) is 3.14. The number of hydrogen-bond donors (Lipinski definition) is 1. The molecule has 6 rings (SSSR count). The number of para-hydroxylation sites is 2. The van der Waals surface area contributed by atoms with E-state index in [1.54, 1.807) is 0 Å². The first-order valence-corrected chi connectivity index (χ1v) is 10.8. The first-order valence-electron chi connectivity index (χ1n) is 10.8. The molecule has 5 heteroatoms. The predicted molar refractivity (Wildman–Crippen MR) is 127 cm³/mol. The fourth-order valence-corrected chi connectivity index (χ4v) is 4.45. The summed E-state index contributed by atoms with van der Waals surface area (Å²) in [5, 5.41) is 10.7. The summed E-state index contributed by atoms with van der Waals surface area (Å²) in [5.74, 6) is 0. The minimum Gasteiger partial charge on any atom is -0.369 e. The second kappa shape index (κ2) is 7.52. The van der Waals surface area contributed by atoms with Crippen molar-refractivity contribution in [2.75, 3.05) is 31.1 Å². The molecule has 31 heavy (non-hydrogen) atoms. The van der Waals surface area contributed by atoms with Gasteiger partial charge in [0, 0.05) is 54.4 Å². The fraction of sp³-hybridized carbons (Fsp3) is 0.154. The van der Waals surface area contributed by atoms with E-state index >= 15 is 0 Å². The number of piperazine rings is 1. The highest BCUT2D eigenvalue weighted by Crippen LogP contribution is 2.34. The van der Waals surface area contributed by atoms with Crippen LogP contribution in [0.3, 0.4) is 0 Å². The van der Waals surface area contributed by atoms with Gasteiger partial charge in [0.1, 0.15) is 5.69 Å². The minimum atomic E-state index is 0.962. The van der Waals surface area contributed by atoms with Gasteiger partial charge < -0.3 is 10.2 Å². The van der Waals surface area contributed by atoms with Gasteiger partial charge in [0.2, 0.25) is 0 Å². The Hall–Kier alpha value is -3.70. The maximum Gasteiger partial charge on any atom is 0.102 e. The third-order valence-corrected chi connectivity index (χ3v) is 6.04. The second-order valence-electron chi connectivity index (χ2n) is 7.92. The molecule has 5 nitrogen and oxygen atoms in total. The molecule has 0 unspecified atom stereocenters. The summed E-state index contributed by atoms with van der Waals surface area (Å²) >= 11 is 0. The van der Waals surface area contributed by atoms with Crippen LogP contribution in [-0.2, 0) is 0 Å². The van der Waals surface area contributed by atoms with Crippen molar-refractivity contribution in [3.63, 3.8) is 0 Å². The summed E-state index contributed by atoms with van der Waals surface area (Å²) in [4.78, 5) is 7.15. The Morgan fingerprint density at radius 2 is 1.45 bits per heavy atom. The molecule has 3 aromatic carbocycles. The molecule has 2 aromatic heterocycles. The van der Waals surface area contributed by atoms with Crippen molar-refractivity contribution in [3.8, 4) is 16.9 Å². The lowest BCUT2D eigenvalue weighted by molar-refractivity contribution is 0.589. The molecular weight excluding hydrogens is 382 g/mol. The van der Waals surface area contributed by atoms with Crippen molar-refractivity contribution in [2.45, 2.75) is 0 Å².